The van der Waals surface area contributed by atoms with Crippen molar-refractivity contribution in [3.8, 4) is 11.5 Å². The molecule has 1 atom stereocenters. The predicted octanol–water partition coefficient (Wildman–Crippen LogP) is 3.38. The fraction of sp³-hybridized carbons (Fsp3) is 0.333. The van der Waals surface area contributed by atoms with Gasteiger partial charge in [-0.2, -0.15) is 0 Å². The molecule has 1 N–H and O–H groups in total. The molecule has 7 nitrogen and oxygen atoms in total. The van der Waals surface area contributed by atoms with Gasteiger partial charge in [-0.15, -0.1) is 11.3 Å². The molecular formula is C21H23NO6S. The molecule has 154 valence electrons. The highest BCUT2D eigenvalue weighted by Gasteiger charge is 2.45. The van der Waals surface area contributed by atoms with Gasteiger partial charge in [0.15, 0.2) is 17.3 Å². The van der Waals surface area contributed by atoms with Crippen molar-refractivity contribution in [3.63, 3.8) is 0 Å². The highest BCUT2D eigenvalue weighted by Crippen LogP contribution is 2.45. The van der Waals surface area contributed by atoms with Crippen molar-refractivity contribution in [1.82, 2.24) is 4.90 Å². The molecule has 1 amide bonds. The molecule has 0 radical (unpaired) electrons. The number of ketones is 1. The van der Waals surface area contributed by atoms with Crippen LogP contribution >= 0.6 is 11.3 Å². The van der Waals surface area contributed by atoms with E-state index in [1.54, 1.807) is 42.8 Å². The summed E-state index contributed by atoms with van der Waals surface area (Å²) in [5.74, 6) is -0.610. The van der Waals surface area contributed by atoms with Crippen molar-refractivity contribution in [1.29, 1.82) is 0 Å². The molecule has 8 heteroatoms. The number of amides is 1. The highest BCUT2D eigenvalue weighted by atomic mass is 32.1. The maximum Gasteiger partial charge on any atom is 0.290 e. The maximum absolute atomic E-state index is 13.2. The third-order valence-corrected chi connectivity index (χ3v) is 5.64. The maximum atomic E-state index is 13.2. The van der Waals surface area contributed by atoms with Crippen LogP contribution in [0.25, 0.3) is 0 Å². The Hall–Kier alpha value is -2.84. The molecular weight excluding hydrogens is 394 g/mol. The van der Waals surface area contributed by atoms with Gasteiger partial charge in [-0.25, -0.2) is 0 Å². The van der Waals surface area contributed by atoms with Gasteiger partial charge in [0.25, 0.3) is 5.91 Å². The van der Waals surface area contributed by atoms with Crippen molar-refractivity contribution in [3.05, 3.63) is 57.5 Å². The summed E-state index contributed by atoms with van der Waals surface area (Å²) in [4.78, 5) is 28.0. The van der Waals surface area contributed by atoms with Crippen LogP contribution < -0.4 is 9.47 Å². The minimum Gasteiger partial charge on any atom is -0.503 e. The smallest absolute Gasteiger partial charge is 0.290 e. The number of rotatable bonds is 9. The summed E-state index contributed by atoms with van der Waals surface area (Å²) < 4.78 is 16.0. The van der Waals surface area contributed by atoms with E-state index in [1.165, 1.54) is 30.5 Å². The molecule has 1 unspecified atom stereocenters. The Kier molecular flexibility index (Phi) is 6.56. The van der Waals surface area contributed by atoms with E-state index in [-0.39, 0.29) is 11.4 Å². The number of para-hydroxylation sites is 1. The first-order valence-electron chi connectivity index (χ1n) is 9.07. The van der Waals surface area contributed by atoms with E-state index in [0.29, 0.717) is 41.5 Å². The van der Waals surface area contributed by atoms with Crippen molar-refractivity contribution < 1.29 is 28.9 Å². The Morgan fingerprint density at radius 1 is 1.17 bits per heavy atom. The molecule has 0 saturated carbocycles. The van der Waals surface area contributed by atoms with Gasteiger partial charge in [0.2, 0.25) is 5.78 Å². The van der Waals surface area contributed by atoms with Gasteiger partial charge < -0.3 is 24.2 Å². The lowest BCUT2D eigenvalue weighted by Gasteiger charge is -2.28. The number of carbonyl (C=O) groups is 2. The predicted molar refractivity (Wildman–Crippen MR) is 109 cm³/mol. The van der Waals surface area contributed by atoms with E-state index >= 15 is 0 Å². The lowest BCUT2D eigenvalue weighted by Crippen LogP contribution is -2.32. The largest absolute Gasteiger partial charge is 0.503 e. The molecule has 1 aromatic heterocycles. The third-order valence-electron chi connectivity index (χ3n) is 4.77. The van der Waals surface area contributed by atoms with E-state index < -0.39 is 17.7 Å². The first-order valence-corrected chi connectivity index (χ1v) is 9.95. The van der Waals surface area contributed by atoms with Crippen LogP contribution in [-0.4, -0.2) is 56.2 Å². The minimum absolute atomic E-state index is 0.0430. The Morgan fingerprint density at radius 3 is 2.59 bits per heavy atom. The number of carbonyl (C=O) groups excluding carboxylic acids is 2. The van der Waals surface area contributed by atoms with Crippen LogP contribution in [0, 0.1) is 0 Å². The van der Waals surface area contributed by atoms with Crippen LogP contribution in [-0.2, 0) is 9.53 Å². The molecule has 0 saturated heterocycles. The summed E-state index contributed by atoms with van der Waals surface area (Å²) in [6.07, 6.45) is 0.554. The second-order valence-corrected chi connectivity index (χ2v) is 7.35. The van der Waals surface area contributed by atoms with Gasteiger partial charge in [-0.05, 0) is 23.9 Å². The number of Topliss-reactive ketones (excluding diaryl/α,β-unsaturated/α-hetero) is 1. The van der Waals surface area contributed by atoms with Crippen molar-refractivity contribution in [2.24, 2.45) is 0 Å². The van der Waals surface area contributed by atoms with Crippen molar-refractivity contribution >= 4 is 23.0 Å². The third kappa shape index (κ3) is 3.86. The van der Waals surface area contributed by atoms with Crippen molar-refractivity contribution in [2.45, 2.75) is 12.5 Å². The SMILES string of the molecule is COCCCN1C(=O)C(O)=C(C(=O)c2cccs2)C1c1cccc(OC)c1OC. The van der Waals surface area contributed by atoms with Crippen molar-refractivity contribution in [2.75, 3.05) is 34.5 Å². The monoisotopic (exact) mass is 417 g/mol. The Balaban J connectivity index is 2.13. The zero-order valence-corrected chi connectivity index (χ0v) is 17.3. The number of hydrogen-bond donors (Lipinski definition) is 1. The lowest BCUT2D eigenvalue weighted by atomic mass is 9.94. The minimum atomic E-state index is -0.793. The van der Waals surface area contributed by atoms with Gasteiger partial charge >= 0.3 is 0 Å². The van der Waals surface area contributed by atoms with Crippen LogP contribution in [0.5, 0.6) is 11.5 Å². The number of hydrogen-bond acceptors (Lipinski definition) is 7. The number of aliphatic hydroxyl groups excluding tert-OH is 1. The van der Waals surface area contributed by atoms with Crippen LogP contribution in [0.4, 0.5) is 0 Å². The normalized spacial score (nSPS) is 16.4. The van der Waals surface area contributed by atoms with Gasteiger partial charge in [0.05, 0.1) is 30.7 Å². The zero-order valence-electron chi connectivity index (χ0n) is 16.5. The highest BCUT2D eigenvalue weighted by molar-refractivity contribution is 7.12. The van der Waals surface area contributed by atoms with E-state index in [2.05, 4.69) is 0 Å². The summed E-state index contributed by atoms with van der Waals surface area (Å²) in [5, 5.41) is 12.4. The van der Waals surface area contributed by atoms with Gasteiger partial charge in [-0.3, -0.25) is 9.59 Å². The molecule has 0 bridgehead atoms. The number of thiophene rings is 1. The van der Waals surface area contributed by atoms with Gasteiger partial charge in [0, 0.05) is 25.8 Å². The molecule has 29 heavy (non-hydrogen) atoms. The summed E-state index contributed by atoms with van der Waals surface area (Å²) in [6.45, 7) is 0.754. The Labute approximate surface area is 173 Å². The number of ether oxygens (including phenoxy) is 3. The van der Waals surface area contributed by atoms with Gasteiger partial charge in [0.1, 0.15) is 0 Å². The Morgan fingerprint density at radius 2 is 1.97 bits per heavy atom. The number of aliphatic hydroxyl groups is 1. The summed E-state index contributed by atoms with van der Waals surface area (Å²) in [5.41, 5.74) is 0.614. The Bertz CT molecular complexity index is 921. The van der Waals surface area contributed by atoms with E-state index in [4.69, 9.17) is 14.2 Å². The second-order valence-electron chi connectivity index (χ2n) is 6.40. The molecule has 0 fully saturated rings. The first-order chi connectivity index (χ1) is 14.0. The van der Waals surface area contributed by atoms with Crippen LogP contribution in [0.2, 0.25) is 0 Å². The summed E-state index contributed by atoms with van der Waals surface area (Å²) >= 11 is 1.26. The number of methoxy groups -OCH3 is 3. The standard InChI is InChI=1S/C21H23NO6S/c1-26-11-6-10-22-17(13-7-4-8-14(27-2)20(13)28-3)16(19(24)21(22)25)18(23)15-9-5-12-29-15/h4-5,7-9,12,17,24H,6,10-11H2,1-3H3. The van der Waals surface area contributed by atoms with Crippen LogP contribution in [0.15, 0.2) is 47.0 Å². The summed E-state index contributed by atoms with van der Waals surface area (Å²) in [6, 6.07) is 7.90. The molecule has 2 aromatic rings. The second kappa shape index (κ2) is 9.11. The fourth-order valence-corrected chi connectivity index (χ4v) is 4.16. The quantitative estimate of drug-likeness (QED) is 0.497. The van der Waals surface area contributed by atoms with E-state index in [0.717, 1.165) is 0 Å². The fourth-order valence-electron chi connectivity index (χ4n) is 3.49. The van der Waals surface area contributed by atoms with Crippen LogP contribution in [0.1, 0.15) is 27.7 Å². The first kappa shape index (κ1) is 20.9. The molecule has 0 spiro atoms. The molecule has 1 aliphatic heterocycles. The van der Waals surface area contributed by atoms with E-state index in [1.807, 2.05) is 0 Å². The van der Waals surface area contributed by atoms with Crippen LogP contribution in [0.3, 0.4) is 0 Å². The molecule has 0 aliphatic carbocycles. The lowest BCUT2D eigenvalue weighted by molar-refractivity contribution is -0.129. The molecule has 1 aliphatic rings. The van der Waals surface area contributed by atoms with Gasteiger partial charge in [-0.1, -0.05) is 18.2 Å². The summed E-state index contributed by atoms with van der Waals surface area (Å²) in [7, 11) is 4.59. The zero-order chi connectivity index (χ0) is 21.0. The average molecular weight is 417 g/mol. The molecule has 3 rings (SSSR count). The average Bonchev–Trinajstić information content (AvgIpc) is 3.35. The topological polar surface area (TPSA) is 85.3 Å². The molecule has 1 aromatic carbocycles. The number of benzene rings is 1. The number of nitrogens with zero attached hydrogens (tertiary/aromatic N) is 1. The van der Waals surface area contributed by atoms with E-state index in [9.17, 15) is 14.7 Å². The molecule has 2 heterocycles.